The van der Waals surface area contributed by atoms with Crippen molar-refractivity contribution in [2.24, 2.45) is 0 Å². The number of aromatic nitrogens is 1. The number of thioether (sulfide) groups is 1. The zero-order valence-electron chi connectivity index (χ0n) is 10.9. The highest BCUT2D eigenvalue weighted by molar-refractivity contribution is 7.99. The van der Waals surface area contributed by atoms with Crippen molar-refractivity contribution in [2.45, 2.75) is 12.3 Å². The highest BCUT2D eigenvalue weighted by Gasteiger charge is 2.04. The number of pyridine rings is 1. The molecule has 2 rings (SSSR count). The Balaban J connectivity index is 1.69. The first kappa shape index (κ1) is 14.9. The molecule has 104 valence electrons. The maximum Gasteiger partial charge on any atom is 0.230 e. The number of halogens is 1. The minimum absolute atomic E-state index is 0.00714. The summed E-state index contributed by atoms with van der Waals surface area (Å²) in [5.74, 6) is 1.15. The monoisotopic (exact) mass is 306 g/mol. The zero-order valence-corrected chi connectivity index (χ0v) is 12.5. The third-order valence-corrected chi connectivity index (χ3v) is 3.99. The molecule has 20 heavy (non-hydrogen) atoms. The maximum atomic E-state index is 11.7. The van der Waals surface area contributed by atoms with Crippen LogP contribution in [-0.4, -0.2) is 16.6 Å². The Bertz CT molecular complexity index is 563. The van der Waals surface area contributed by atoms with Crippen molar-refractivity contribution < 1.29 is 4.79 Å². The highest BCUT2D eigenvalue weighted by Crippen LogP contribution is 2.20. The van der Waals surface area contributed by atoms with E-state index >= 15 is 0 Å². The molecule has 1 N–H and O–H groups in total. The molecule has 1 aromatic heterocycles. The van der Waals surface area contributed by atoms with E-state index in [1.165, 1.54) is 0 Å². The van der Waals surface area contributed by atoms with Crippen molar-refractivity contribution in [2.75, 3.05) is 5.75 Å². The Labute approximate surface area is 127 Å². The average molecular weight is 307 g/mol. The average Bonchev–Trinajstić information content (AvgIpc) is 2.48. The minimum atomic E-state index is 0.00714. The lowest BCUT2D eigenvalue weighted by Crippen LogP contribution is -2.25. The molecular formula is C15H15ClN2OS. The van der Waals surface area contributed by atoms with E-state index in [9.17, 15) is 4.79 Å². The van der Waals surface area contributed by atoms with E-state index < -0.39 is 0 Å². The second-order valence-corrected chi connectivity index (χ2v) is 5.57. The van der Waals surface area contributed by atoms with Crippen LogP contribution in [0.5, 0.6) is 0 Å². The number of benzene rings is 1. The van der Waals surface area contributed by atoms with E-state index in [2.05, 4.69) is 10.3 Å². The normalized spacial score (nSPS) is 10.2. The summed E-state index contributed by atoms with van der Waals surface area (Å²) in [6.07, 6.45) is 1.72. The fraction of sp³-hybridized carbons (Fsp3) is 0.200. The molecule has 0 radical (unpaired) electrons. The smallest absolute Gasteiger partial charge is 0.230 e. The summed E-state index contributed by atoms with van der Waals surface area (Å²) in [6, 6.07) is 13.3. The molecule has 0 spiro atoms. The summed E-state index contributed by atoms with van der Waals surface area (Å²) in [5, 5.41) is 3.59. The Morgan fingerprint density at radius 2 is 2.00 bits per heavy atom. The van der Waals surface area contributed by atoms with Crippen molar-refractivity contribution in [3.8, 4) is 0 Å². The van der Waals surface area contributed by atoms with Gasteiger partial charge in [-0.1, -0.05) is 35.9 Å². The first-order chi connectivity index (χ1) is 9.75. The Morgan fingerprint density at radius 3 is 2.75 bits per heavy atom. The topological polar surface area (TPSA) is 42.0 Å². The van der Waals surface area contributed by atoms with Gasteiger partial charge in [-0.3, -0.25) is 9.78 Å². The van der Waals surface area contributed by atoms with Gasteiger partial charge in [0.2, 0.25) is 5.91 Å². The van der Waals surface area contributed by atoms with Gasteiger partial charge in [0, 0.05) is 17.0 Å². The predicted molar refractivity (Wildman–Crippen MR) is 83.7 cm³/mol. The van der Waals surface area contributed by atoms with Crippen molar-refractivity contribution in [1.29, 1.82) is 0 Å². The number of carbonyl (C=O) groups excluding carboxylic acids is 1. The van der Waals surface area contributed by atoms with E-state index in [1.54, 1.807) is 18.0 Å². The zero-order chi connectivity index (χ0) is 14.2. The van der Waals surface area contributed by atoms with Crippen LogP contribution in [0.25, 0.3) is 0 Å². The Morgan fingerprint density at radius 1 is 1.20 bits per heavy atom. The summed E-state index contributed by atoms with van der Waals surface area (Å²) < 4.78 is 0. The molecule has 0 saturated carbocycles. The molecule has 2 aromatic rings. The van der Waals surface area contributed by atoms with Crippen LogP contribution < -0.4 is 5.32 Å². The summed E-state index contributed by atoms with van der Waals surface area (Å²) in [6.45, 7) is 0.465. The highest BCUT2D eigenvalue weighted by atomic mass is 35.5. The van der Waals surface area contributed by atoms with Crippen LogP contribution >= 0.6 is 23.4 Å². The first-order valence-corrected chi connectivity index (χ1v) is 7.77. The van der Waals surface area contributed by atoms with Crippen LogP contribution in [0.1, 0.15) is 11.3 Å². The molecule has 1 heterocycles. The lowest BCUT2D eigenvalue weighted by molar-refractivity contribution is -0.118. The molecule has 0 aliphatic rings. The van der Waals surface area contributed by atoms with Gasteiger partial charge in [0.25, 0.3) is 0 Å². The lowest BCUT2D eigenvalue weighted by Gasteiger charge is -2.05. The lowest BCUT2D eigenvalue weighted by atomic mass is 10.2. The first-order valence-electron chi connectivity index (χ1n) is 6.23. The number of nitrogens with one attached hydrogen (secondary N) is 1. The summed E-state index contributed by atoms with van der Waals surface area (Å²) in [4.78, 5) is 15.8. The maximum absolute atomic E-state index is 11.7. The molecule has 0 unspecified atom stereocenters. The summed E-state index contributed by atoms with van der Waals surface area (Å²) >= 11 is 7.61. The van der Waals surface area contributed by atoms with Crippen LogP contribution in [0.4, 0.5) is 0 Å². The van der Waals surface area contributed by atoms with E-state index in [0.29, 0.717) is 12.3 Å². The summed E-state index contributed by atoms with van der Waals surface area (Å²) in [7, 11) is 0. The molecular weight excluding hydrogens is 292 g/mol. The van der Waals surface area contributed by atoms with Crippen molar-refractivity contribution in [1.82, 2.24) is 10.3 Å². The van der Waals surface area contributed by atoms with E-state index in [4.69, 9.17) is 11.6 Å². The standard InChI is InChI=1S/C15H15ClN2OS/c16-14-7-2-1-5-12(14)10-20-11-15(19)18-9-13-6-3-4-8-17-13/h1-8H,9-11H2,(H,18,19). The van der Waals surface area contributed by atoms with Gasteiger partial charge < -0.3 is 5.32 Å². The molecule has 0 atom stereocenters. The predicted octanol–water partition coefficient (Wildman–Crippen LogP) is 3.28. The number of hydrogen-bond acceptors (Lipinski definition) is 3. The molecule has 0 fully saturated rings. The van der Waals surface area contributed by atoms with Crippen LogP contribution in [0.2, 0.25) is 5.02 Å². The number of hydrogen-bond donors (Lipinski definition) is 1. The van der Waals surface area contributed by atoms with Crippen LogP contribution in [0.15, 0.2) is 48.7 Å². The fourth-order valence-electron chi connectivity index (χ4n) is 1.61. The molecule has 0 aliphatic heterocycles. The Hall–Kier alpha value is -1.52. The van der Waals surface area contributed by atoms with Gasteiger partial charge in [-0.05, 0) is 23.8 Å². The second kappa shape index (κ2) is 7.92. The Kier molecular flexibility index (Phi) is 5.89. The minimum Gasteiger partial charge on any atom is -0.350 e. The number of carbonyl (C=O) groups is 1. The van der Waals surface area contributed by atoms with Gasteiger partial charge in [-0.25, -0.2) is 0 Å². The third-order valence-electron chi connectivity index (χ3n) is 2.64. The number of rotatable bonds is 6. The SMILES string of the molecule is O=C(CSCc1ccccc1Cl)NCc1ccccn1. The third kappa shape index (κ3) is 4.87. The molecule has 5 heteroatoms. The van der Waals surface area contributed by atoms with Crippen molar-refractivity contribution >= 4 is 29.3 Å². The van der Waals surface area contributed by atoms with Gasteiger partial charge in [0.05, 0.1) is 18.0 Å². The van der Waals surface area contributed by atoms with Gasteiger partial charge in [0.15, 0.2) is 0 Å². The quantitative estimate of drug-likeness (QED) is 0.890. The molecule has 0 aliphatic carbocycles. The molecule has 0 saturated heterocycles. The van der Waals surface area contributed by atoms with Gasteiger partial charge in [-0.2, -0.15) is 0 Å². The van der Waals surface area contributed by atoms with E-state index in [0.717, 1.165) is 22.0 Å². The van der Waals surface area contributed by atoms with Crippen molar-refractivity contribution in [3.05, 3.63) is 64.9 Å². The largest absolute Gasteiger partial charge is 0.350 e. The van der Waals surface area contributed by atoms with Crippen molar-refractivity contribution in [3.63, 3.8) is 0 Å². The fourth-order valence-corrected chi connectivity index (χ4v) is 2.75. The van der Waals surface area contributed by atoms with E-state index in [-0.39, 0.29) is 5.91 Å². The molecule has 1 amide bonds. The molecule has 1 aromatic carbocycles. The van der Waals surface area contributed by atoms with Crippen LogP contribution in [0, 0.1) is 0 Å². The number of amides is 1. The van der Waals surface area contributed by atoms with Gasteiger partial charge in [0.1, 0.15) is 0 Å². The number of nitrogens with zero attached hydrogens (tertiary/aromatic N) is 1. The van der Waals surface area contributed by atoms with Gasteiger partial charge in [-0.15, -0.1) is 11.8 Å². The molecule has 3 nitrogen and oxygen atoms in total. The molecule has 0 bridgehead atoms. The van der Waals surface area contributed by atoms with Gasteiger partial charge >= 0.3 is 0 Å². The summed E-state index contributed by atoms with van der Waals surface area (Å²) in [5.41, 5.74) is 1.91. The van der Waals surface area contributed by atoms with E-state index in [1.807, 2.05) is 42.5 Å². The van der Waals surface area contributed by atoms with Crippen LogP contribution in [0.3, 0.4) is 0 Å². The van der Waals surface area contributed by atoms with Crippen LogP contribution in [-0.2, 0) is 17.1 Å². The second-order valence-electron chi connectivity index (χ2n) is 4.18.